The van der Waals surface area contributed by atoms with Crippen LogP contribution in [0.3, 0.4) is 0 Å². The van der Waals surface area contributed by atoms with Gasteiger partial charge in [0, 0.05) is 64.6 Å². The van der Waals surface area contributed by atoms with Crippen molar-refractivity contribution >= 4 is 53.1 Å². The van der Waals surface area contributed by atoms with E-state index in [2.05, 4.69) is 25.3 Å². The fourth-order valence-corrected chi connectivity index (χ4v) is 10.4. The Hall–Kier alpha value is 0.234. The highest BCUT2D eigenvalue weighted by molar-refractivity contribution is 7.96. The van der Waals surface area contributed by atoms with E-state index in [1.165, 1.54) is 0 Å². The second-order valence-electron chi connectivity index (χ2n) is 8.31. The molecular formula is C23H48O8S2Si2. The Bertz CT molecular complexity index is 514. The van der Waals surface area contributed by atoms with Crippen molar-refractivity contribution in [3.05, 3.63) is 0 Å². The Kier molecular flexibility index (Phi) is 19.5. The molecule has 8 nitrogen and oxygen atoms in total. The first-order valence-corrected chi connectivity index (χ1v) is 17.6. The van der Waals surface area contributed by atoms with Gasteiger partial charge < -0.3 is 26.6 Å². The number of hydrogen-bond donors (Lipinski definition) is 2. The summed E-state index contributed by atoms with van der Waals surface area (Å²) < 4.78 is 35.9. The maximum absolute atomic E-state index is 12.2. The number of rotatable bonds is 24. The fraction of sp³-hybridized carbons (Fsp3) is 0.913. The van der Waals surface area contributed by atoms with Crippen molar-refractivity contribution in [3.63, 3.8) is 0 Å². The first kappa shape index (κ1) is 35.2. The minimum absolute atomic E-state index is 0.182. The highest BCUT2D eigenvalue weighted by Gasteiger charge is 2.43. The van der Waals surface area contributed by atoms with Gasteiger partial charge in [-0.25, -0.2) is 0 Å². The second-order valence-corrected chi connectivity index (χ2v) is 14.8. The molecule has 0 saturated carbocycles. The van der Waals surface area contributed by atoms with Gasteiger partial charge in [-0.3, -0.25) is 9.59 Å². The van der Waals surface area contributed by atoms with Gasteiger partial charge in [-0.1, -0.05) is 0 Å². The number of thiol groups is 2. The second kappa shape index (κ2) is 19.3. The highest BCUT2D eigenvalue weighted by atomic mass is 32.1. The van der Waals surface area contributed by atoms with E-state index in [1.54, 1.807) is 0 Å². The Labute approximate surface area is 226 Å². The molecule has 0 aliphatic heterocycles. The molecule has 0 aromatic rings. The quantitative estimate of drug-likeness (QED) is 0.119. The Morgan fingerprint density at radius 1 is 0.571 bits per heavy atom. The lowest BCUT2D eigenvalue weighted by Crippen LogP contribution is -2.46. The van der Waals surface area contributed by atoms with Crippen LogP contribution in [0.25, 0.3) is 0 Å². The minimum Gasteiger partial charge on any atom is -0.374 e. The summed E-state index contributed by atoms with van der Waals surface area (Å²) in [5.74, 6) is 0. The van der Waals surface area contributed by atoms with E-state index in [0.717, 1.165) is 0 Å². The van der Waals surface area contributed by atoms with Gasteiger partial charge in [0.2, 0.25) is 0 Å². The summed E-state index contributed by atoms with van der Waals surface area (Å²) in [6.07, 6.45) is 3.00. The lowest BCUT2D eigenvalue weighted by Gasteiger charge is -2.35. The van der Waals surface area contributed by atoms with Gasteiger partial charge in [-0.15, -0.1) is 25.3 Å². The Balaban J connectivity index is 5.69. The standard InChI is InChI=1S/C23H48O8S2Si2/c1-7-26-34(27-8-2,28-9-3)17-13-15-23(19-21(24)32,20-22(25)33)16-14-18-35(29-10-4,30-11-5)31-12-6/h7-20H2,1-6H3,(H,24,32)(H,25,33). The van der Waals surface area contributed by atoms with E-state index < -0.39 is 23.0 Å². The van der Waals surface area contributed by atoms with Crippen LogP contribution >= 0.6 is 25.3 Å². The predicted molar refractivity (Wildman–Crippen MR) is 149 cm³/mol. The molecule has 0 rings (SSSR count). The van der Waals surface area contributed by atoms with E-state index in [9.17, 15) is 9.59 Å². The van der Waals surface area contributed by atoms with Crippen LogP contribution in [-0.2, 0) is 36.1 Å². The van der Waals surface area contributed by atoms with Gasteiger partial charge in [-0.05, 0) is 72.6 Å². The first-order valence-electron chi connectivity index (χ1n) is 12.9. The van der Waals surface area contributed by atoms with Crippen molar-refractivity contribution in [3.8, 4) is 0 Å². The van der Waals surface area contributed by atoms with Gasteiger partial charge >= 0.3 is 17.6 Å². The molecule has 0 atom stereocenters. The van der Waals surface area contributed by atoms with Crippen molar-refractivity contribution in [2.24, 2.45) is 5.41 Å². The van der Waals surface area contributed by atoms with Crippen molar-refractivity contribution < 1.29 is 36.1 Å². The Morgan fingerprint density at radius 2 is 0.829 bits per heavy atom. The highest BCUT2D eigenvalue weighted by Crippen LogP contribution is 2.41. The third-order valence-electron chi connectivity index (χ3n) is 5.62. The van der Waals surface area contributed by atoms with Crippen LogP contribution in [0, 0.1) is 5.41 Å². The molecule has 0 radical (unpaired) electrons. The zero-order valence-corrected chi connectivity index (χ0v) is 26.3. The molecule has 208 valence electrons. The molecular weight excluding hydrogens is 525 g/mol. The summed E-state index contributed by atoms with van der Waals surface area (Å²) in [6.45, 7) is 14.6. The number of carbonyl (C=O) groups is 2. The molecule has 0 aliphatic rings. The van der Waals surface area contributed by atoms with Crippen molar-refractivity contribution in [1.29, 1.82) is 0 Å². The van der Waals surface area contributed by atoms with E-state index in [-0.39, 0.29) is 23.1 Å². The third-order valence-corrected chi connectivity index (χ3v) is 12.2. The number of carbonyl (C=O) groups excluding carboxylic acids is 2. The normalized spacial score (nSPS) is 12.8. The smallest absolute Gasteiger partial charge is 0.374 e. The van der Waals surface area contributed by atoms with Gasteiger partial charge in [-0.2, -0.15) is 0 Å². The van der Waals surface area contributed by atoms with Gasteiger partial charge in [0.1, 0.15) is 0 Å². The molecule has 12 heteroatoms. The molecule has 0 aromatic heterocycles. The summed E-state index contributed by atoms with van der Waals surface area (Å²) >= 11 is 8.13. The molecule has 0 fully saturated rings. The average molecular weight is 573 g/mol. The maximum atomic E-state index is 12.2. The van der Waals surface area contributed by atoms with Crippen LogP contribution in [0.15, 0.2) is 0 Å². The van der Waals surface area contributed by atoms with Crippen LogP contribution in [0.5, 0.6) is 0 Å². The fourth-order valence-electron chi connectivity index (χ4n) is 4.54. The molecule has 0 spiro atoms. The average Bonchev–Trinajstić information content (AvgIpc) is 2.74. The van der Waals surface area contributed by atoms with Gasteiger partial charge in [0.05, 0.1) is 0 Å². The summed E-state index contributed by atoms with van der Waals surface area (Å²) in [6, 6.07) is 1.22. The first-order chi connectivity index (χ1) is 16.6. The van der Waals surface area contributed by atoms with Crippen molar-refractivity contribution in [1.82, 2.24) is 0 Å². The molecule has 0 unspecified atom stereocenters. The summed E-state index contributed by atoms with van der Waals surface area (Å²) in [5, 5.41) is -0.490. The van der Waals surface area contributed by atoms with Crippen LogP contribution in [0.1, 0.15) is 80.1 Å². The predicted octanol–water partition coefficient (Wildman–Crippen LogP) is 5.32. The van der Waals surface area contributed by atoms with Gasteiger partial charge in [0.15, 0.2) is 10.2 Å². The van der Waals surface area contributed by atoms with E-state index in [4.69, 9.17) is 26.6 Å². The summed E-state index contributed by atoms with van der Waals surface area (Å²) in [5.41, 5.74) is -0.576. The van der Waals surface area contributed by atoms with E-state index >= 15 is 0 Å². The minimum atomic E-state index is -2.83. The lowest BCUT2D eigenvalue weighted by molar-refractivity contribution is -0.116. The van der Waals surface area contributed by atoms with Crippen molar-refractivity contribution in [2.45, 2.75) is 92.2 Å². The molecule has 35 heavy (non-hydrogen) atoms. The number of hydrogen-bond acceptors (Lipinski definition) is 8. The molecule has 0 N–H and O–H groups in total. The molecule has 0 heterocycles. The molecule has 0 saturated heterocycles. The zero-order chi connectivity index (χ0) is 26.8. The molecule has 0 aliphatic carbocycles. The molecule has 0 aromatic carbocycles. The summed E-state index contributed by atoms with van der Waals surface area (Å²) in [4.78, 5) is 24.3. The maximum Gasteiger partial charge on any atom is 0.500 e. The molecule has 0 bridgehead atoms. The zero-order valence-electron chi connectivity index (χ0n) is 22.6. The third kappa shape index (κ3) is 14.1. The summed E-state index contributed by atoms with van der Waals surface area (Å²) in [7, 11) is -5.66. The van der Waals surface area contributed by atoms with Crippen LogP contribution < -0.4 is 0 Å². The monoisotopic (exact) mass is 572 g/mol. The van der Waals surface area contributed by atoms with Crippen LogP contribution in [-0.4, -0.2) is 67.5 Å². The van der Waals surface area contributed by atoms with Crippen LogP contribution in [0.2, 0.25) is 12.1 Å². The Morgan fingerprint density at radius 3 is 1.03 bits per heavy atom. The van der Waals surface area contributed by atoms with Crippen molar-refractivity contribution in [2.75, 3.05) is 39.6 Å². The SMILES string of the molecule is CCO[Si](CCCC(CCC[Si](OCC)(OCC)OCC)(CC(=O)S)CC(=O)S)(OCC)OCC. The van der Waals surface area contributed by atoms with E-state index in [0.29, 0.717) is 77.4 Å². The molecule has 0 amide bonds. The van der Waals surface area contributed by atoms with E-state index in [1.807, 2.05) is 41.5 Å². The largest absolute Gasteiger partial charge is 0.500 e. The topological polar surface area (TPSA) is 89.5 Å². The lowest BCUT2D eigenvalue weighted by atomic mass is 9.74. The van der Waals surface area contributed by atoms with Crippen LogP contribution in [0.4, 0.5) is 0 Å². The van der Waals surface area contributed by atoms with Gasteiger partial charge in [0.25, 0.3) is 0 Å².